The van der Waals surface area contributed by atoms with Crippen molar-refractivity contribution in [2.45, 2.75) is 31.9 Å². The summed E-state index contributed by atoms with van der Waals surface area (Å²) in [5, 5.41) is 9.33. The van der Waals surface area contributed by atoms with Crippen molar-refractivity contribution in [2.24, 2.45) is 0 Å². The lowest BCUT2D eigenvalue weighted by molar-refractivity contribution is 0.0859. The Balaban J connectivity index is 2.77. The number of nitrogens with zero attached hydrogens (tertiary/aromatic N) is 1. The highest BCUT2D eigenvalue weighted by Gasteiger charge is 2.32. The van der Waals surface area contributed by atoms with E-state index in [-0.39, 0.29) is 17.2 Å². The van der Waals surface area contributed by atoms with Crippen LogP contribution in [0.1, 0.15) is 19.8 Å². The van der Waals surface area contributed by atoms with Gasteiger partial charge in [0, 0.05) is 12.6 Å². The highest BCUT2D eigenvalue weighted by molar-refractivity contribution is 9.10. The largest absolute Gasteiger partial charge is 0.392 e. The molecule has 0 aromatic heterocycles. The normalized spacial score (nSPS) is 31.9. The Kier molecular flexibility index (Phi) is 3.73. The molecule has 13 heavy (non-hydrogen) atoms. The van der Waals surface area contributed by atoms with Gasteiger partial charge < -0.3 is 5.11 Å². The van der Waals surface area contributed by atoms with Gasteiger partial charge in [0.25, 0.3) is 0 Å². The second-order valence-corrected chi connectivity index (χ2v) is 6.60. The molecule has 0 aromatic rings. The van der Waals surface area contributed by atoms with Crippen molar-refractivity contribution in [1.82, 2.24) is 4.31 Å². The van der Waals surface area contributed by atoms with E-state index in [9.17, 15) is 13.5 Å². The summed E-state index contributed by atoms with van der Waals surface area (Å²) in [5.41, 5.74) is 0. The summed E-state index contributed by atoms with van der Waals surface area (Å²) in [6.07, 6.45) is 0.910. The van der Waals surface area contributed by atoms with E-state index in [1.807, 2.05) is 6.92 Å². The van der Waals surface area contributed by atoms with Crippen LogP contribution >= 0.6 is 15.9 Å². The van der Waals surface area contributed by atoms with Crippen molar-refractivity contribution in [3.05, 3.63) is 0 Å². The van der Waals surface area contributed by atoms with Gasteiger partial charge in [-0.25, -0.2) is 8.42 Å². The van der Waals surface area contributed by atoms with Gasteiger partial charge >= 0.3 is 0 Å². The van der Waals surface area contributed by atoms with Crippen LogP contribution in [0.3, 0.4) is 0 Å². The molecule has 6 heteroatoms. The predicted octanol–water partition coefficient (Wildman–Crippen LogP) is 0.514. The average Bonchev–Trinajstić information content (AvgIpc) is 2.09. The van der Waals surface area contributed by atoms with Crippen LogP contribution in [0.5, 0.6) is 0 Å². The van der Waals surface area contributed by atoms with E-state index in [2.05, 4.69) is 15.9 Å². The summed E-state index contributed by atoms with van der Waals surface area (Å²) in [6.45, 7) is 2.10. The number of β-amino-alcohol motifs (C(OH)–C–C–N with tert-alkyl or cyclic N) is 1. The maximum Gasteiger partial charge on any atom is 0.224 e. The summed E-state index contributed by atoms with van der Waals surface area (Å²) in [7, 11) is -3.21. The van der Waals surface area contributed by atoms with Gasteiger partial charge in [-0.15, -0.1) is 0 Å². The quantitative estimate of drug-likeness (QED) is 0.745. The Labute approximate surface area is 87.1 Å². The van der Waals surface area contributed by atoms with Crippen LogP contribution in [0.25, 0.3) is 0 Å². The molecule has 1 N–H and O–H groups in total. The van der Waals surface area contributed by atoms with Gasteiger partial charge in [0.15, 0.2) is 0 Å². The lowest BCUT2D eigenvalue weighted by atomic mass is 10.0. The number of hydrogen-bond donors (Lipinski definition) is 1. The highest BCUT2D eigenvalue weighted by Crippen LogP contribution is 2.21. The van der Waals surface area contributed by atoms with Gasteiger partial charge in [-0.1, -0.05) is 15.9 Å². The number of alkyl halides is 1. The first-order valence-corrected chi connectivity index (χ1v) is 6.94. The maximum atomic E-state index is 11.5. The Morgan fingerprint density at radius 2 is 2.15 bits per heavy atom. The fourth-order valence-corrected chi connectivity index (χ4v) is 3.47. The smallest absolute Gasteiger partial charge is 0.224 e. The van der Waals surface area contributed by atoms with Crippen molar-refractivity contribution in [1.29, 1.82) is 0 Å². The zero-order chi connectivity index (χ0) is 10.1. The number of rotatable bonds is 2. The standard InChI is InChI=1S/C7H14BrNO3S/c1-6-2-3-7(10)4-9(6)13(11,12)5-8/h6-7,10H,2-5H2,1H3/t6-,7-/m1/s1. The van der Waals surface area contributed by atoms with Crippen molar-refractivity contribution < 1.29 is 13.5 Å². The molecular formula is C7H14BrNO3S. The fraction of sp³-hybridized carbons (Fsp3) is 1.00. The van der Waals surface area contributed by atoms with Crippen molar-refractivity contribution in [2.75, 3.05) is 11.2 Å². The molecule has 0 radical (unpaired) electrons. The van der Waals surface area contributed by atoms with E-state index < -0.39 is 16.1 Å². The third kappa shape index (κ3) is 2.65. The molecule has 1 heterocycles. The molecule has 0 aromatic carbocycles. The molecule has 1 saturated heterocycles. The second kappa shape index (κ2) is 4.25. The number of sulfonamides is 1. The number of hydrogen-bond acceptors (Lipinski definition) is 3. The molecule has 2 atom stereocenters. The predicted molar refractivity (Wildman–Crippen MR) is 54.1 cm³/mol. The van der Waals surface area contributed by atoms with Gasteiger partial charge in [0.2, 0.25) is 10.0 Å². The molecule has 1 fully saturated rings. The van der Waals surface area contributed by atoms with Crippen molar-refractivity contribution >= 4 is 26.0 Å². The van der Waals surface area contributed by atoms with Crippen molar-refractivity contribution in [3.8, 4) is 0 Å². The summed E-state index contributed by atoms with van der Waals surface area (Å²) in [6, 6.07) is 0.00551. The summed E-state index contributed by atoms with van der Waals surface area (Å²) >= 11 is 2.94. The van der Waals surface area contributed by atoms with Gasteiger partial charge in [-0.2, -0.15) is 4.31 Å². The molecule has 0 spiro atoms. The van der Waals surface area contributed by atoms with Crippen LogP contribution < -0.4 is 0 Å². The Morgan fingerprint density at radius 3 is 2.69 bits per heavy atom. The third-order valence-electron chi connectivity index (χ3n) is 2.30. The topological polar surface area (TPSA) is 57.6 Å². The Morgan fingerprint density at radius 1 is 1.54 bits per heavy atom. The van der Waals surface area contributed by atoms with E-state index in [1.54, 1.807) is 0 Å². The van der Waals surface area contributed by atoms with Gasteiger partial charge in [0.1, 0.15) is 4.66 Å². The molecule has 78 valence electrons. The first-order valence-electron chi connectivity index (χ1n) is 4.21. The number of halogens is 1. The Bertz CT molecular complexity index is 267. The molecule has 0 saturated carbocycles. The molecule has 1 aliphatic rings. The minimum atomic E-state index is -3.21. The van der Waals surface area contributed by atoms with Crippen LogP contribution in [0.15, 0.2) is 0 Å². The van der Waals surface area contributed by atoms with Gasteiger partial charge in [0.05, 0.1) is 6.10 Å². The lowest BCUT2D eigenvalue weighted by Gasteiger charge is -2.34. The van der Waals surface area contributed by atoms with Crippen LogP contribution in [-0.2, 0) is 10.0 Å². The van der Waals surface area contributed by atoms with E-state index in [0.717, 1.165) is 6.42 Å². The first kappa shape index (κ1) is 11.4. The van der Waals surface area contributed by atoms with Crippen LogP contribution in [0.2, 0.25) is 0 Å². The zero-order valence-electron chi connectivity index (χ0n) is 7.48. The molecule has 1 aliphatic heterocycles. The lowest BCUT2D eigenvalue weighted by Crippen LogP contribution is -2.47. The number of aliphatic hydroxyl groups excluding tert-OH is 1. The van der Waals surface area contributed by atoms with Crippen LogP contribution in [0, 0.1) is 0 Å². The van der Waals surface area contributed by atoms with Crippen LogP contribution in [-0.4, -0.2) is 41.2 Å². The monoisotopic (exact) mass is 271 g/mol. The van der Waals surface area contributed by atoms with E-state index >= 15 is 0 Å². The maximum absolute atomic E-state index is 11.5. The van der Waals surface area contributed by atoms with E-state index in [0.29, 0.717) is 6.42 Å². The zero-order valence-corrected chi connectivity index (χ0v) is 9.88. The molecule has 0 aliphatic carbocycles. The molecule has 4 nitrogen and oxygen atoms in total. The minimum Gasteiger partial charge on any atom is -0.392 e. The molecule has 0 bridgehead atoms. The highest BCUT2D eigenvalue weighted by atomic mass is 79.9. The van der Waals surface area contributed by atoms with Gasteiger partial charge in [-0.3, -0.25) is 0 Å². The SMILES string of the molecule is C[C@@H]1CC[C@@H](O)CN1S(=O)(=O)CBr. The fourth-order valence-electron chi connectivity index (χ4n) is 1.51. The van der Waals surface area contributed by atoms with Gasteiger partial charge in [-0.05, 0) is 19.8 Å². The van der Waals surface area contributed by atoms with Crippen molar-refractivity contribution in [3.63, 3.8) is 0 Å². The summed E-state index contributed by atoms with van der Waals surface area (Å²) in [5.74, 6) is 0. The Hall–Kier alpha value is 0.350. The third-order valence-corrected chi connectivity index (χ3v) is 5.53. The number of piperidine rings is 1. The second-order valence-electron chi connectivity index (χ2n) is 3.37. The van der Waals surface area contributed by atoms with E-state index in [1.165, 1.54) is 4.31 Å². The number of aliphatic hydroxyl groups is 1. The first-order chi connectivity index (χ1) is 5.97. The average molecular weight is 272 g/mol. The molecule has 1 rings (SSSR count). The van der Waals surface area contributed by atoms with E-state index in [4.69, 9.17) is 0 Å². The van der Waals surface area contributed by atoms with Crippen LogP contribution in [0.4, 0.5) is 0 Å². The molecule has 0 amide bonds. The summed E-state index contributed by atoms with van der Waals surface area (Å²) in [4.78, 5) is 0. The molecule has 0 unspecified atom stereocenters. The summed E-state index contributed by atoms with van der Waals surface area (Å²) < 4.78 is 24.3. The minimum absolute atomic E-state index is 0.00551. The molecular weight excluding hydrogens is 258 g/mol.